The summed E-state index contributed by atoms with van der Waals surface area (Å²) >= 11 is 0. The highest BCUT2D eigenvalue weighted by atomic mass is 16.2. The van der Waals surface area contributed by atoms with Crippen molar-refractivity contribution in [3.05, 3.63) is 29.8 Å². The minimum atomic E-state index is -0.280. The number of carbonyl (C=O) groups is 1. The molecule has 16 heavy (non-hydrogen) atoms. The second-order valence-corrected chi connectivity index (χ2v) is 4.64. The Labute approximate surface area is 94.5 Å². The zero-order valence-corrected chi connectivity index (χ0v) is 9.45. The Morgan fingerprint density at radius 2 is 2.06 bits per heavy atom. The summed E-state index contributed by atoms with van der Waals surface area (Å²) < 4.78 is 0. The van der Waals surface area contributed by atoms with Gasteiger partial charge in [0.1, 0.15) is 0 Å². The van der Waals surface area contributed by atoms with Crippen LogP contribution in [0.4, 0.5) is 5.69 Å². The summed E-state index contributed by atoms with van der Waals surface area (Å²) in [6, 6.07) is 7.56. The summed E-state index contributed by atoms with van der Waals surface area (Å²) in [6.45, 7) is 3.99. The molecule has 0 fully saturated rings. The van der Waals surface area contributed by atoms with Crippen LogP contribution in [-0.2, 0) is 4.79 Å². The van der Waals surface area contributed by atoms with Crippen molar-refractivity contribution in [2.75, 3.05) is 5.73 Å². The maximum Gasteiger partial charge on any atom is 0.241 e. The average Bonchev–Trinajstić information content (AvgIpc) is 2.18. The van der Waals surface area contributed by atoms with E-state index in [1.54, 1.807) is 0 Å². The van der Waals surface area contributed by atoms with Gasteiger partial charge in [-0.3, -0.25) is 4.79 Å². The second kappa shape index (κ2) is 3.63. The molecule has 0 spiro atoms. The number of nitrogen functional groups attached to an aromatic ring is 1. The first-order chi connectivity index (χ1) is 7.50. The number of nitrogens with two attached hydrogens (primary N) is 1. The zero-order valence-electron chi connectivity index (χ0n) is 9.45. The Hall–Kier alpha value is -1.84. The van der Waals surface area contributed by atoms with Crippen molar-refractivity contribution >= 4 is 17.3 Å². The third kappa shape index (κ3) is 1.78. The molecule has 0 saturated heterocycles. The van der Waals surface area contributed by atoms with Crippen LogP contribution >= 0.6 is 0 Å². The molecule has 0 aromatic heterocycles. The number of amides is 1. The monoisotopic (exact) mass is 217 g/mol. The highest BCUT2D eigenvalue weighted by Crippen LogP contribution is 2.31. The summed E-state index contributed by atoms with van der Waals surface area (Å²) in [5.41, 5.74) is 10.6. The molecule has 0 aliphatic carbocycles. The molecule has 1 aromatic carbocycles. The van der Waals surface area contributed by atoms with E-state index < -0.39 is 0 Å². The molecule has 1 aliphatic rings. The number of benzene rings is 1. The van der Waals surface area contributed by atoms with Crippen LogP contribution in [0.2, 0.25) is 0 Å². The van der Waals surface area contributed by atoms with Crippen molar-refractivity contribution in [1.82, 2.24) is 5.43 Å². The topological polar surface area (TPSA) is 67.5 Å². The number of carbonyl (C=O) groups excluding carboxylic acids is 1. The van der Waals surface area contributed by atoms with E-state index >= 15 is 0 Å². The molecule has 0 atom stereocenters. The van der Waals surface area contributed by atoms with Crippen molar-refractivity contribution in [3.8, 4) is 0 Å². The van der Waals surface area contributed by atoms with Crippen LogP contribution in [0.3, 0.4) is 0 Å². The van der Waals surface area contributed by atoms with Crippen LogP contribution in [0.1, 0.15) is 25.8 Å². The number of nitrogens with one attached hydrogen (secondary N) is 1. The van der Waals surface area contributed by atoms with E-state index in [1.165, 1.54) is 0 Å². The highest BCUT2D eigenvalue weighted by molar-refractivity contribution is 6.10. The Balaban J connectivity index is 2.48. The lowest BCUT2D eigenvalue weighted by Crippen LogP contribution is -2.39. The molecule has 1 aliphatic heterocycles. The highest BCUT2D eigenvalue weighted by Gasteiger charge is 2.33. The zero-order chi connectivity index (χ0) is 11.8. The van der Waals surface area contributed by atoms with E-state index in [2.05, 4.69) is 10.5 Å². The molecule has 1 amide bonds. The number of hydrogen-bond donors (Lipinski definition) is 2. The molecule has 0 radical (unpaired) electrons. The molecule has 0 bridgehead atoms. The quantitative estimate of drug-likeness (QED) is 0.700. The summed E-state index contributed by atoms with van der Waals surface area (Å²) in [7, 11) is 0. The van der Waals surface area contributed by atoms with Crippen molar-refractivity contribution < 1.29 is 4.79 Å². The number of para-hydroxylation sites is 1. The fraction of sp³-hybridized carbons (Fsp3) is 0.333. The molecule has 1 heterocycles. The fourth-order valence-electron chi connectivity index (χ4n) is 1.93. The van der Waals surface area contributed by atoms with Gasteiger partial charge in [-0.05, 0) is 6.07 Å². The van der Waals surface area contributed by atoms with Crippen LogP contribution in [0.5, 0.6) is 0 Å². The first-order valence-electron chi connectivity index (χ1n) is 5.22. The Morgan fingerprint density at radius 1 is 1.38 bits per heavy atom. The number of hydrazone groups is 1. The lowest BCUT2D eigenvalue weighted by Gasteiger charge is -2.30. The number of nitrogens with zero attached hydrogens (tertiary/aromatic N) is 1. The molecule has 2 rings (SSSR count). The second-order valence-electron chi connectivity index (χ2n) is 4.64. The van der Waals surface area contributed by atoms with Gasteiger partial charge in [0.2, 0.25) is 5.91 Å². The molecular formula is C12H15N3O. The standard InChI is InChI=1S/C12H15N3O/c1-12(2)7-10(16)14-15-11(12)8-5-3-4-6-9(8)13/h3-6H,7,13H2,1-2H3,(H,14,16). The molecule has 3 N–H and O–H groups in total. The van der Waals surface area contributed by atoms with Gasteiger partial charge in [0.25, 0.3) is 0 Å². The van der Waals surface area contributed by atoms with Gasteiger partial charge in [0, 0.05) is 23.1 Å². The summed E-state index contributed by atoms with van der Waals surface area (Å²) in [6.07, 6.45) is 0.431. The lowest BCUT2D eigenvalue weighted by atomic mass is 9.79. The van der Waals surface area contributed by atoms with Crippen LogP contribution in [0.25, 0.3) is 0 Å². The Morgan fingerprint density at radius 3 is 2.69 bits per heavy atom. The van der Waals surface area contributed by atoms with Crippen LogP contribution in [0.15, 0.2) is 29.4 Å². The lowest BCUT2D eigenvalue weighted by molar-refractivity contribution is -0.122. The maximum absolute atomic E-state index is 11.3. The third-order valence-electron chi connectivity index (χ3n) is 2.75. The third-order valence-corrected chi connectivity index (χ3v) is 2.75. The van der Waals surface area contributed by atoms with Gasteiger partial charge in [-0.15, -0.1) is 0 Å². The SMILES string of the molecule is CC1(C)CC(=O)NN=C1c1ccccc1N. The molecule has 1 aromatic rings. The van der Waals surface area contributed by atoms with Gasteiger partial charge >= 0.3 is 0 Å². The Bertz CT molecular complexity index is 463. The molecule has 0 saturated carbocycles. The first kappa shape index (κ1) is 10.7. The van der Waals surface area contributed by atoms with Gasteiger partial charge in [0.15, 0.2) is 0 Å². The normalized spacial score (nSPS) is 18.9. The Kier molecular flexibility index (Phi) is 2.42. The summed E-state index contributed by atoms with van der Waals surface area (Å²) in [4.78, 5) is 11.3. The van der Waals surface area contributed by atoms with Crippen molar-refractivity contribution in [2.24, 2.45) is 10.5 Å². The van der Waals surface area contributed by atoms with Crippen LogP contribution < -0.4 is 11.2 Å². The molecule has 84 valence electrons. The van der Waals surface area contributed by atoms with Crippen molar-refractivity contribution in [3.63, 3.8) is 0 Å². The molecule has 4 nitrogen and oxygen atoms in total. The predicted molar refractivity (Wildman–Crippen MR) is 63.9 cm³/mol. The molecule has 4 heteroatoms. The van der Waals surface area contributed by atoms with E-state index in [9.17, 15) is 4.79 Å². The van der Waals surface area contributed by atoms with Gasteiger partial charge < -0.3 is 5.73 Å². The van der Waals surface area contributed by atoms with Crippen LogP contribution in [-0.4, -0.2) is 11.6 Å². The summed E-state index contributed by atoms with van der Waals surface area (Å²) in [5.74, 6) is -0.0525. The van der Waals surface area contributed by atoms with Crippen molar-refractivity contribution in [1.29, 1.82) is 0 Å². The first-order valence-corrected chi connectivity index (χ1v) is 5.22. The minimum Gasteiger partial charge on any atom is -0.398 e. The average molecular weight is 217 g/mol. The van der Waals surface area contributed by atoms with Gasteiger partial charge in [-0.25, -0.2) is 5.43 Å². The largest absolute Gasteiger partial charge is 0.398 e. The van der Waals surface area contributed by atoms with Gasteiger partial charge in [-0.1, -0.05) is 32.0 Å². The van der Waals surface area contributed by atoms with E-state index in [-0.39, 0.29) is 11.3 Å². The van der Waals surface area contributed by atoms with E-state index in [1.807, 2.05) is 38.1 Å². The van der Waals surface area contributed by atoms with Gasteiger partial charge in [0.05, 0.1) is 5.71 Å². The smallest absolute Gasteiger partial charge is 0.241 e. The maximum atomic E-state index is 11.3. The molecule has 0 unspecified atom stereocenters. The van der Waals surface area contributed by atoms with E-state index in [0.29, 0.717) is 12.1 Å². The van der Waals surface area contributed by atoms with E-state index in [4.69, 9.17) is 5.73 Å². The number of rotatable bonds is 1. The van der Waals surface area contributed by atoms with E-state index in [0.717, 1.165) is 11.3 Å². The van der Waals surface area contributed by atoms with Crippen LogP contribution in [0, 0.1) is 5.41 Å². The number of anilines is 1. The summed E-state index contributed by atoms with van der Waals surface area (Å²) in [5, 5.41) is 4.13. The predicted octanol–water partition coefficient (Wildman–Crippen LogP) is 1.52. The van der Waals surface area contributed by atoms with Gasteiger partial charge in [-0.2, -0.15) is 5.10 Å². The molecular weight excluding hydrogens is 202 g/mol. The minimum absolute atomic E-state index is 0.0525. The van der Waals surface area contributed by atoms with Crippen molar-refractivity contribution in [2.45, 2.75) is 20.3 Å². The fourth-order valence-corrected chi connectivity index (χ4v) is 1.93. The number of hydrogen-bond acceptors (Lipinski definition) is 3.